The van der Waals surface area contributed by atoms with Crippen LogP contribution in [-0.2, 0) is 14.3 Å². The molecule has 4 saturated carbocycles. The molecule has 4 bridgehead atoms. The number of aliphatic hydroxyl groups is 1. The maximum atomic E-state index is 13.1. The van der Waals surface area contributed by atoms with Gasteiger partial charge >= 0.3 is 5.97 Å². The molecule has 4 fully saturated rings. The molecule has 4 rings (SSSR count). The second-order valence-electron chi connectivity index (χ2n) is 9.13. The Bertz CT molecular complexity index is 511. The minimum atomic E-state index is -0.985. The third-order valence-corrected chi connectivity index (χ3v) is 6.33. The van der Waals surface area contributed by atoms with Gasteiger partial charge in [0, 0.05) is 0 Å². The van der Waals surface area contributed by atoms with Crippen molar-refractivity contribution in [1.82, 2.24) is 5.32 Å². The van der Waals surface area contributed by atoms with Crippen LogP contribution in [0.4, 0.5) is 0 Å². The molecule has 2 N–H and O–H groups in total. The van der Waals surface area contributed by atoms with Gasteiger partial charge in [-0.15, -0.1) is 0 Å². The molecular formula is C18H29NO4. The topological polar surface area (TPSA) is 75.6 Å². The lowest BCUT2D eigenvalue weighted by molar-refractivity contribution is -0.173. The zero-order chi connectivity index (χ0) is 17.0. The van der Waals surface area contributed by atoms with E-state index in [0.29, 0.717) is 5.92 Å². The molecule has 5 heteroatoms. The normalized spacial score (nSPS) is 43.8. The summed E-state index contributed by atoms with van der Waals surface area (Å²) < 4.78 is 4.72. The number of hydrogen-bond acceptors (Lipinski definition) is 4. The maximum absolute atomic E-state index is 13.1. The molecule has 0 heterocycles. The quantitative estimate of drug-likeness (QED) is 0.776. The lowest BCUT2D eigenvalue weighted by Gasteiger charge is -2.64. The van der Waals surface area contributed by atoms with Crippen LogP contribution in [-0.4, -0.2) is 36.2 Å². The number of ether oxygens (including phenoxy) is 1. The number of methoxy groups -OCH3 is 1. The van der Waals surface area contributed by atoms with E-state index in [1.54, 1.807) is 0 Å². The SMILES string of the molecule is COC(=O)[C@@H](NC(=O)C12CC3CC(C)(CC(C)(C3)C1)C2)[C@@H](C)O. The smallest absolute Gasteiger partial charge is 0.331 e. The lowest BCUT2D eigenvalue weighted by atomic mass is 9.40. The number of esters is 1. The van der Waals surface area contributed by atoms with Crippen LogP contribution in [0.15, 0.2) is 0 Å². The number of carbonyl (C=O) groups is 2. The first-order chi connectivity index (χ1) is 10.6. The van der Waals surface area contributed by atoms with Crippen molar-refractivity contribution in [3.05, 3.63) is 0 Å². The Morgan fingerprint density at radius 1 is 1.13 bits per heavy atom. The first-order valence-corrected chi connectivity index (χ1v) is 8.67. The van der Waals surface area contributed by atoms with Crippen LogP contribution in [0.3, 0.4) is 0 Å². The van der Waals surface area contributed by atoms with Gasteiger partial charge in [0.15, 0.2) is 6.04 Å². The molecule has 0 aliphatic heterocycles. The monoisotopic (exact) mass is 323 g/mol. The molecule has 0 saturated heterocycles. The lowest BCUT2D eigenvalue weighted by Crippen LogP contribution is -2.62. The Morgan fingerprint density at radius 3 is 2.13 bits per heavy atom. The summed E-state index contributed by atoms with van der Waals surface area (Å²) in [5, 5.41) is 12.6. The molecule has 130 valence electrons. The first kappa shape index (κ1) is 16.7. The average Bonchev–Trinajstić information content (AvgIpc) is 2.39. The summed E-state index contributed by atoms with van der Waals surface area (Å²) in [7, 11) is 1.27. The van der Waals surface area contributed by atoms with Crippen LogP contribution in [0.1, 0.15) is 59.3 Å². The van der Waals surface area contributed by atoms with Crippen LogP contribution in [0, 0.1) is 22.2 Å². The van der Waals surface area contributed by atoms with E-state index < -0.39 is 18.1 Å². The molecule has 0 spiro atoms. The van der Waals surface area contributed by atoms with Crippen molar-refractivity contribution in [2.75, 3.05) is 7.11 Å². The minimum Gasteiger partial charge on any atom is -0.467 e. The molecular weight excluding hydrogens is 294 g/mol. The fourth-order valence-corrected chi connectivity index (χ4v) is 6.50. The number of hydrogen-bond donors (Lipinski definition) is 2. The zero-order valence-electron chi connectivity index (χ0n) is 14.6. The van der Waals surface area contributed by atoms with Gasteiger partial charge in [-0.25, -0.2) is 4.79 Å². The second kappa shape index (κ2) is 5.20. The van der Waals surface area contributed by atoms with Crippen molar-refractivity contribution in [3.8, 4) is 0 Å². The van der Waals surface area contributed by atoms with E-state index in [-0.39, 0.29) is 22.2 Å². The minimum absolute atomic E-state index is 0.0737. The highest BCUT2D eigenvalue weighted by Gasteiger charge is 2.62. The van der Waals surface area contributed by atoms with Crippen LogP contribution in [0.5, 0.6) is 0 Å². The van der Waals surface area contributed by atoms with Crippen molar-refractivity contribution in [3.63, 3.8) is 0 Å². The maximum Gasteiger partial charge on any atom is 0.331 e. The van der Waals surface area contributed by atoms with E-state index in [4.69, 9.17) is 4.74 Å². The highest BCUT2D eigenvalue weighted by molar-refractivity contribution is 5.88. The predicted octanol–water partition coefficient (Wildman–Crippen LogP) is 2.02. The summed E-state index contributed by atoms with van der Waals surface area (Å²) in [5.74, 6) is -0.0546. The summed E-state index contributed by atoms with van der Waals surface area (Å²) in [6.45, 7) is 6.12. The summed E-state index contributed by atoms with van der Waals surface area (Å²) in [6, 6.07) is -0.985. The summed E-state index contributed by atoms with van der Waals surface area (Å²) >= 11 is 0. The van der Waals surface area contributed by atoms with Crippen LogP contribution in [0.2, 0.25) is 0 Å². The molecule has 4 aliphatic carbocycles. The summed E-state index contributed by atoms with van der Waals surface area (Å²) in [4.78, 5) is 24.9. The van der Waals surface area contributed by atoms with E-state index in [2.05, 4.69) is 19.2 Å². The van der Waals surface area contributed by atoms with Crippen molar-refractivity contribution in [1.29, 1.82) is 0 Å². The molecule has 5 nitrogen and oxygen atoms in total. The Morgan fingerprint density at radius 2 is 1.70 bits per heavy atom. The van der Waals surface area contributed by atoms with Gasteiger partial charge < -0.3 is 15.2 Å². The average molecular weight is 323 g/mol. The third-order valence-electron chi connectivity index (χ3n) is 6.33. The third kappa shape index (κ3) is 2.77. The molecule has 0 aromatic rings. The molecule has 23 heavy (non-hydrogen) atoms. The number of aliphatic hydroxyl groups excluding tert-OH is 1. The fourth-order valence-electron chi connectivity index (χ4n) is 6.50. The van der Waals surface area contributed by atoms with E-state index >= 15 is 0 Å². The highest BCUT2D eigenvalue weighted by atomic mass is 16.5. The van der Waals surface area contributed by atoms with Gasteiger partial charge in [-0.1, -0.05) is 13.8 Å². The second-order valence-corrected chi connectivity index (χ2v) is 9.13. The van der Waals surface area contributed by atoms with Crippen molar-refractivity contribution < 1.29 is 19.4 Å². The van der Waals surface area contributed by atoms with Gasteiger partial charge in [-0.2, -0.15) is 0 Å². The van der Waals surface area contributed by atoms with Gasteiger partial charge in [0.25, 0.3) is 0 Å². The van der Waals surface area contributed by atoms with Gasteiger partial charge in [0.2, 0.25) is 5.91 Å². The number of nitrogens with one attached hydrogen (secondary N) is 1. The fraction of sp³-hybridized carbons (Fsp3) is 0.889. The standard InChI is InChI=1S/C18H29NO4/c1-11(20)13(14(21)23-4)19-15(22)18-7-12-5-16(2,9-18)8-17(3,6-12)10-18/h11-13,20H,5-10H2,1-4H3,(H,19,22)/t11-,12?,13+,16?,17?,18?/m1/s1. The highest BCUT2D eigenvalue weighted by Crippen LogP contribution is 2.69. The van der Waals surface area contributed by atoms with Crippen LogP contribution < -0.4 is 5.32 Å². The van der Waals surface area contributed by atoms with E-state index in [1.165, 1.54) is 33.3 Å². The molecule has 0 aromatic carbocycles. The van der Waals surface area contributed by atoms with Crippen molar-refractivity contribution >= 4 is 11.9 Å². The molecule has 4 aliphatic rings. The first-order valence-electron chi connectivity index (χ1n) is 8.67. The predicted molar refractivity (Wildman–Crippen MR) is 85.5 cm³/mol. The molecule has 0 aromatic heterocycles. The van der Waals surface area contributed by atoms with Crippen molar-refractivity contribution in [2.24, 2.45) is 22.2 Å². The molecule has 2 unspecified atom stereocenters. The van der Waals surface area contributed by atoms with Gasteiger partial charge in [0.05, 0.1) is 18.6 Å². The summed E-state index contributed by atoms with van der Waals surface area (Å²) in [5.41, 5.74) is 0.0816. The van der Waals surface area contributed by atoms with Gasteiger partial charge in [0.1, 0.15) is 0 Å². The van der Waals surface area contributed by atoms with E-state index in [0.717, 1.165) is 19.3 Å². The zero-order valence-corrected chi connectivity index (χ0v) is 14.6. The van der Waals surface area contributed by atoms with Crippen molar-refractivity contribution in [2.45, 2.75) is 71.4 Å². The van der Waals surface area contributed by atoms with Crippen LogP contribution in [0.25, 0.3) is 0 Å². The van der Waals surface area contributed by atoms with Gasteiger partial charge in [-0.3, -0.25) is 4.79 Å². The van der Waals surface area contributed by atoms with E-state index in [9.17, 15) is 14.7 Å². The van der Waals surface area contributed by atoms with Gasteiger partial charge in [-0.05, 0) is 62.2 Å². The Hall–Kier alpha value is -1.10. The number of rotatable bonds is 4. The number of amides is 1. The molecule has 4 atom stereocenters. The van der Waals surface area contributed by atoms with E-state index in [1.807, 2.05) is 0 Å². The number of carbonyl (C=O) groups excluding carboxylic acids is 2. The Kier molecular flexibility index (Phi) is 3.79. The molecule has 1 amide bonds. The molecule has 0 radical (unpaired) electrons. The van der Waals surface area contributed by atoms with Crippen LogP contribution >= 0.6 is 0 Å². The largest absolute Gasteiger partial charge is 0.467 e. The Labute approximate surface area is 138 Å². The Balaban J connectivity index is 1.83. The summed E-state index contributed by atoms with van der Waals surface area (Å²) in [6.07, 6.45) is 5.37.